The highest BCUT2D eigenvalue weighted by atomic mass is 16.5. The van der Waals surface area contributed by atoms with Crippen molar-refractivity contribution in [3.05, 3.63) is 29.3 Å². The monoisotopic (exact) mass is 234 g/mol. The van der Waals surface area contributed by atoms with Crippen LogP contribution in [0.5, 0.6) is 5.75 Å². The van der Waals surface area contributed by atoms with Crippen LogP contribution in [0.15, 0.2) is 18.2 Å². The van der Waals surface area contributed by atoms with Crippen molar-refractivity contribution < 1.29 is 24.5 Å². The van der Waals surface area contributed by atoms with Gasteiger partial charge < -0.3 is 14.9 Å². The van der Waals surface area contributed by atoms with E-state index in [4.69, 9.17) is 14.9 Å². The van der Waals surface area contributed by atoms with Crippen LogP contribution in [0.25, 0.3) is 0 Å². The van der Waals surface area contributed by atoms with Crippen LogP contribution in [0.4, 0.5) is 0 Å². The fourth-order valence-electron chi connectivity index (χ4n) is 1.15. The summed E-state index contributed by atoms with van der Waals surface area (Å²) >= 11 is 0. The molecule has 0 atom stereocenters. The predicted molar refractivity (Wildman–Crippen MR) is 59.1 cm³/mol. The second kappa shape index (κ2) is 5.56. The Bertz CT molecular complexity index is 507. The first kappa shape index (κ1) is 12.6. The maximum Gasteiger partial charge on any atom is 0.335 e. The zero-order valence-corrected chi connectivity index (χ0v) is 9.06. The van der Waals surface area contributed by atoms with E-state index >= 15 is 0 Å². The lowest BCUT2D eigenvalue weighted by molar-refractivity contribution is -0.135. The molecule has 1 rings (SSSR count). The third kappa shape index (κ3) is 3.54. The minimum atomic E-state index is -1.08. The molecule has 0 spiro atoms. The van der Waals surface area contributed by atoms with Crippen molar-refractivity contribution in [1.82, 2.24) is 0 Å². The van der Waals surface area contributed by atoms with Gasteiger partial charge in [-0.15, -0.1) is 0 Å². The van der Waals surface area contributed by atoms with Crippen molar-refractivity contribution >= 4 is 11.9 Å². The molecule has 0 radical (unpaired) electrons. The number of hydrogen-bond acceptors (Lipinski definition) is 3. The molecule has 5 heteroatoms. The van der Waals surface area contributed by atoms with Crippen LogP contribution in [0, 0.1) is 11.8 Å². The number of methoxy groups -OCH3 is 1. The van der Waals surface area contributed by atoms with Crippen LogP contribution in [-0.4, -0.2) is 29.3 Å². The molecule has 0 fully saturated rings. The van der Waals surface area contributed by atoms with Gasteiger partial charge in [-0.05, 0) is 18.2 Å². The lowest BCUT2D eigenvalue weighted by Crippen LogP contribution is -1.98. The normalized spacial score (nSPS) is 9.00. The summed E-state index contributed by atoms with van der Waals surface area (Å²) < 4.78 is 4.99. The number of hydrogen-bond donors (Lipinski definition) is 2. The first-order valence-electron chi connectivity index (χ1n) is 4.66. The van der Waals surface area contributed by atoms with Gasteiger partial charge in [0.1, 0.15) is 12.2 Å². The maximum absolute atomic E-state index is 10.8. The minimum absolute atomic E-state index is 0.0745. The Morgan fingerprint density at radius 3 is 2.59 bits per heavy atom. The molecule has 5 nitrogen and oxygen atoms in total. The highest BCUT2D eigenvalue weighted by Crippen LogP contribution is 2.18. The summed E-state index contributed by atoms with van der Waals surface area (Å²) in [5.74, 6) is 3.29. The number of ether oxygens (including phenoxy) is 1. The first-order valence-corrected chi connectivity index (χ1v) is 4.66. The van der Waals surface area contributed by atoms with Gasteiger partial charge in [0.05, 0.1) is 18.2 Å². The van der Waals surface area contributed by atoms with Crippen molar-refractivity contribution in [2.75, 3.05) is 7.11 Å². The Labute approximate surface area is 97.6 Å². The molecule has 0 aliphatic heterocycles. The van der Waals surface area contributed by atoms with E-state index in [2.05, 4.69) is 11.8 Å². The summed E-state index contributed by atoms with van der Waals surface area (Å²) in [6, 6.07) is 4.22. The third-order valence-corrected chi connectivity index (χ3v) is 1.91. The van der Waals surface area contributed by atoms with Gasteiger partial charge in [0.15, 0.2) is 0 Å². The second-order valence-electron chi connectivity index (χ2n) is 3.09. The van der Waals surface area contributed by atoms with E-state index in [-0.39, 0.29) is 12.0 Å². The SMILES string of the molecule is COc1ccc(C(=O)O)cc1C#CCC(=O)O. The molecule has 1 aromatic rings. The largest absolute Gasteiger partial charge is 0.495 e. The second-order valence-corrected chi connectivity index (χ2v) is 3.09. The summed E-state index contributed by atoms with van der Waals surface area (Å²) in [4.78, 5) is 21.0. The zero-order chi connectivity index (χ0) is 12.8. The topological polar surface area (TPSA) is 83.8 Å². The van der Waals surface area contributed by atoms with Crippen molar-refractivity contribution in [3.8, 4) is 17.6 Å². The van der Waals surface area contributed by atoms with Crippen LogP contribution in [0.1, 0.15) is 22.3 Å². The third-order valence-electron chi connectivity index (χ3n) is 1.91. The smallest absolute Gasteiger partial charge is 0.335 e. The van der Waals surface area contributed by atoms with Crippen molar-refractivity contribution in [1.29, 1.82) is 0 Å². The lowest BCUT2D eigenvalue weighted by Gasteiger charge is -2.03. The summed E-state index contributed by atoms with van der Waals surface area (Å²) in [5, 5.41) is 17.2. The van der Waals surface area contributed by atoms with Gasteiger partial charge in [0.25, 0.3) is 0 Å². The Hall–Kier alpha value is -2.48. The highest BCUT2D eigenvalue weighted by Gasteiger charge is 2.07. The molecule has 1 aromatic carbocycles. The number of carbonyl (C=O) groups is 2. The molecule has 0 amide bonds. The van der Waals surface area contributed by atoms with Gasteiger partial charge in [0, 0.05) is 0 Å². The zero-order valence-electron chi connectivity index (χ0n) is 9.06. The molecular formula is C12H10O5. The summed E-state index contributed by atoms with van der Waals surface area (Å²) in [6.07, 6.45) is -0.305. The summed E-state index contributed by atoms with van der Waals surface area (Å²) in [7, 11) is 1.43. The van der Waals surface area contributed by atoms with Crippen molar-refractivity contribution in [2.24, 2.45) is 0 Å². The molecule has 0 aromatic heterocycles. The van der Waals surface area contributed by atoms with Crippen LogP contribution in [0.3, 0.4) is 0 Å². The van der Waals surface area contributed by atoms with E-state index in [0.717, 1.165) is 0 Å². The molecule has 0 bridgehead atoms. The Kier molecular flexibility index (Phi) is 4.12. The van der Waals surface area contributed by atoms with Crippen molar-refractivity contribution in [2.45, 2.75) is 6.42 Å². The molecule has 0 aliphatic carbocycles. The van der Waals surface area contributed by atoms with E-state index in [0.29, 0.717) is 11.3 Å². The van der Waals surface area contributed by atoms with Gasteiger partial charge in [-0.1, -0.05) is 11.8 Å². The molecule has 17 heavy (non-hydrogen) atoms. The van der Waals surface area contributed by atoms with E-state index in [1.807, 2.05) is 0 Å². The number of benzene rings is 1. The molecule has 0 saturated heterocycles. The van der Waals surface area contributed by atoms with Gasteiger partial charge in [-0.2, -0.15) is 0 Å². The van der Waals surface area contributed by atoms with E-state index in [1.165, 1.54) is 25.3 Å². The molecule has 2 N–H and O–H groups in total. The Morgan fingerprint density at radius 1 is 1.35 bits per heavy atom. The average Bonchev–Trinajstić information content (AvgIpc) is 2.28. The van der Waals surface area contributed by atoms with E-state index < -0.39 is 11.9 Å². The fourth-order valence-corrected chi connectivity index (χ4v) is 1.15. The van der Waals surface area contributed by atoms with Crippen LogP contribution in [0.2, 0.25) is 0 Å². The summed E-state index contributed by atoms with van der Waals surface area (Å²) in [6.45, 7) is 0. The quantitative estimate of drug-likeness (QED) is 0.768. The predicted octanol–water partition coefficient (Wildman–Crippen LogP) is 1.22. The lowest BCUT2D eigenvalue weighted by atomic mass is 10.1. The number of rotatable bonds is 3. The minimum Gasteiger partial charge on any atom is -0.495 e. The fraction of sp³-hybridized carbons (Fsp3) is 0.167. The molecule has 0 aliphatic rings. The molecule has 88 valence electrons. The molecule has 0 heterocycles. The van der Waals surface area contributed by atoms with E-state index in [9.17, 15) is 9.59 Å². The number of aromatic carboxylic acids is 1. The average molecular weight is 234 g/mol. The van der Waals surface area contributed by atoms with Crippen molar-refractivity contribution in [3.63, 3.8) is 0 Å². The van der Waals surface area contributed by atoms with Gasteiger partial charge >= 0.3 is 11.9 Å². The number of carboxylic acid groups (broad SMARTS) is 2. The van der Waals surface area contributed by atoms with Gasteiger partial charge in [0.2, 0.25) is 0 Å². The number of aliphatic carboxylic acids is 1. The van der Waals surface area contributed by atoms with Crippen LogP contribution < -0.4 is 4.74 Å². The molecule has 0 unspecified atom stereocenters. The molecule has 0 saturated carbocycles. The number of carboxylic acids is 2. The standard InChI is InChI=1S/C12H10O5/c1-17-10-6-5-9(12(15)16)7-8(10)3-2-4-11(13)14/h5-7H,4H2,1H3,(H,13,14)(H,15,16). The van der Waals surface area contributed by atoms with E-state index in [1.54, 1.807) is 0 Å². The molecular weight excluding hydrogens is 224 g/mol. The Morgan fingerprint density at radius 2 is 2.06 bits per heavy atom. The van der Waals surface area contributed by atoms with Gasteiger partial charge in [-0.25, -0.2) is 4.79 Å². The highest BCUT2D eigenvalue weighted by molar-refractivity contribution is 5.88. The van der Waals surface area contributed by atoms with Crippen LogP contribution in [-0.2, 0) is 4.79 Å². The first-order chi connectivity index (χ1) is 8.04. The maximum atomic E-state index is 10.8. The Balaban J connectivity index is 3.08. The van der Waals surface area contributed by atoms with Crippen LogP contribution >= 0.6 is 0 Å². The summed E-state index contributed by atoms with van der Waals surface area (Å²) in [5.41, 5.74) is 0.430. The van der Waals surface area contributed by atoms with Gasteiger partial charge in [-0.3, -0.25) is 4.79 Å².